The van der Waals surface area contributed by atoms with Gasteiger partial charge in [-0.1, -0.05) is 18.2 Å². The summed E-state index contributed by atoms with van der Waals surface area (Å²) in [7, 11) is 0. The molecule has 4 rings (SSSR count). The average molecular weight is 336 g/mol. The zero-order valence-electron chi connectivity index (χ0n) is 13.9. The van der Waals surface area contributed by atoms with Crippen LogP contribution in [0.2, 0.25) is 0 Å². The molecule has 0 radical (unpaired) electrons. The third-order valence-corrected chi connectivity index (χ3v) is 4.43. The number of fused-ring (bicyclic) bond motifs is 1. The number of pyridine rings is 1. The van der Waals surface area contributed by atoms with Crippen molar-refractivity contribution >= 4 is 16.9 Å². The summed E-state index contributed by atoms with van der Waals surface area (Å²) < 4.78 is 7.41. The van der Waals surface area contributed by atoms with E-state index < -0.39 is 0 Å². The second-order valence-corrected chi connectivity index (χ2v) is 6.18. The summed E-state index contributed by atoms with van der Waals surface area (Å²) in [6.45, 7) is 1.79. The Kier molecular flexibility index (Phi) is 4.43. The van der Waals surface area contributed by atoms with E-state index in [4.69, 9.17) is 4.74 Å². The summed E-state index contributed by atoms with van der Waals surface area (Å²) in [5.74, 6) is 0.560. The number of aromatic nitrogens is 3. The maximum absolute atomic E-state index is 13.0. The monoisotopic (exact) mass is 336 g/mol. The van der Waals surface area contributed by atoms with Crippen molar-refractivity contribution in [2.45, 2.75) is 32.0 Å². The van der Waals surface area contributed by atoms with E-state index in [2.05, 4.69) is 15.3 Å². The number of ether oxygens (including phenoxy) is 1. The minimum Gasteiger partial charge on any atom is -0.376 e. The van der Waals surface area contributed by atoms with Gasteiger partial charge in [-0.05, 0) is 37.1 Å². The molecular formula is C19H20N4O2. The molecule has 1 atom stereocenters. The Morgan fingerprint density at radius 2 is 2.08 bits per heavy atom. The van der Waals surface area contributed by atoms with Crippen LogP contribution < -0.4 is 10.9 Å². The average Bonchev–Trinajstić information content (AvgIpc) is 3.17. The summed E-state index contributed by atoms with van der Waals surface area (Å²) in [5, 5.41) is 3.90. The normalized spacial score (nSPS) is 17.0. The van der Waals surface area contributed by atoms with Crippen LogP contribution in [0.25, 0.3) is 10.9 Å². The van der Waals surface area contributed by atoms with Crippen molar-refractivity contribution in [3.63, 3.8) is 0 Å². The topological polar surface area (TPSA) is 69.0 Å². The van der Waals surface area contributed by atoms with Crippen LogP contribution in [0, 0.1) is 0 Å². The highest BCUT2D eigenvalue weighted by Crippen LogP contribution is 2.17. The summed E-state index contributed by atoms with van der Waals surface area (Å²) in [5.41, 5.74) is 1.55. The van der Waals surface area contributed by atoms with Crippen LogP contribution in [-0.4, -0.2) is 27.2 Å². The van der Waals surface area contributed by atoms with E-state index in [1.807, 2.05) is 42.5 Å². The molecule has 1 aliphatic rings. The molecular weight excluding hydrogens is 316 g/mol. The van der Waals surface area contributed by atoms with E-state index in [1.54, 1.807) is 10.8 Å². The van der Waals surface area contributed by atoms with Gasteiger partial charge in [-0.25, -0.2) is 4.98 Å². The van der Waals surface area contributed by atoms with Crippen LogP contribution >= 0.6 is 0 Å². The fourth-order valence-corrected chi connectivity index (χ4v) is 3.14. The Hall–Kier alpha value is -2.73. The second kappa shape index (κ2) is 7.03. The number of nitrogens with one attached hydrogen (secondary N) is 1. The smallest absolute Gasteiger partial charge is 0.262 e. The maximum atomic E-state index is 13.0. The molecule has 1 N–H and O–H groups in total. The molecule has 1 fully saturated rings. The van der Waals surface area contributed by atoms with Crippen molar-refractivity contribution in [2.24, 2.45) is 0 Å². The summed E-state index contributed by atoms with van der Waals surface area (Å²) >= 11 is 0. The third kappa shape index (κ3) is 3.39. The lowest BCUT2D eigenvalue weighted by molar-refractivity contribution is 0.0965. The molecule has 0 aliphatic carbocycles. The second-order valence-electron chi connectivity index (χ2n) is 6.18. The van der Waals surface area contributed by atoms with Gasteiger partial charge in [-0.3, -0.25) is 14.3 Å². The van der Waals surface area contributed by atoms with Crippen molar-refractivity contribution in [3.05, 3.63) is 64.7 Å². The van der Waals surface area contributed by atoms with E-state index in [0.29, 0.717) is 29.9 Å². The Bertz CT molecular complexity index is 918. The van der Waals surface area contributed by atoms with Crippen LogP contribution in [0.15, 0.2) is 53.5 Å². The van der Waals surface area contributed by atoms with E-state index in [0.717, 1.165) is 25.1 Å². The molecule has 25 heavy (non-hydrogen) atoms. The number of para-hydroxylation sites is 1. The minimum absolute atomic E-state index is 0.0374. The predicted octanol–water partition coefficient (Wildman–Crippen LogP) is 2.58. The lowest BCUT2D eigenvalue weighted by Crippen LogP contribution is -2.30. The number of anilines is 1. The summed E-state index contributed by atoms with van der Waals surface area (Å²) in [4.78, 5) is 21.9. The Morgan fingerprint density at radius 3 is 2.88 bits per heavy atom. The molecule has 0 bridgehead atoms. The zero-order chi connectivity index (χ0) is 17.1. The van der Waals surface area contributed by atoms with Crippen LogP contribution in [0.1, 0.15) is 18.5 Å². The van der Waals surface area contributed by atoms with Gasteiger partial charge in [0.25, 0.3) is 5.56 Å². The molecule has 6 nitrogen and oxygen atoms in total. The highest BCUT2D eigenvalue weighted by molar-refractivity contribution is 5.78. The predicted molar refractivity (Wildman–Crippen MR) is 96.5 cm³/mol. The van der Waals surface area contributed by atoms with Crippen LogP contribution in [0.3, 0.4) is 0 Å². The van der Waals surface area contributed by atoms with E-state index in [9.17, 15) is 4.79 Å². The highest BCUT2D eigenvalue weighted by Gasteiger charge is 2.19. The van der Waals surface area contributed by atoms with Crippen molar-refractivity contribution in [3.8, 4) is 0 Å². The quantitative estimate of drug-likeness (QED) is 0.775. The third-order valence-electron chi connectivity index (χ3n) is 4.43. The first-order chi connectivity index (χ1) is 12.3. The Balaban J connectivity index is 1.70. The molecule has 128 valence electrons. The number of rotatable bonds is 5. The molecule has 0 unspecified atom stereocenters. The maximum Gasteiger partial charge on any atom is 0.262 e. The van der Waals surface area contributed by atoms with Gasteiger partial charge in [-0.15, -0.1) is 0 Å². The van der Waals surface area contributed by atoms with Gasteiger partial charge < -0.3 is 10.1 Å². The fraction of sp³-hybridized carbons (Fsp3) is 0.316. The lowest BCUT2D eigenvalue weighted by atomic mass is 10.2. The van der Waals surface area contributed by atoms with Crippen LogP contribution in [0.5, 0.6) is 0 Å². The van der Waals surface area contributed by atoms with Crippen LogP contribution in [0.4, 0.5) is 5.95 Å². The van der Waals surface area contributed by atoms with Gasteiger partial charge in [0.1, 0.15) is 0 Å². The SMILES string of the molecule is O=c1c2ccccc2nc(NCc2ccccn2)n1C[C@@H]1CCCO1. The molecule has 1 aliphatic heterocycles. The van der Waals surface area contributed by atoms with Crippen molar-refractivity contribution in [1.29, 1.82) is 0 Å². The summed E-state index contributed by atoms with van der Waals surface area (Å²) in [6.07, 6.45) is 3.83. The number of nitrogens with zero attached hydrogens (tertiary/aromatic N) is 3. The number of hydrogen-bond donors (Lipinski definition) is 1. The molecule has 1 saturated heterocycles. The molecule has 0 spiro atoms. The van der Waals surface area contributed by atoms with Gasteiger partial charge in [0.2, 0.25) is 5.95 Å². The standard InChI is InChI=1S/C19H20N4O2/c24-18-16-8-1-2-9-17(16)22-19(21-12-14-6-3-4-10-20-14)23(18)13-15-7-5-11-25-15/h1-4,6,8-10,15H,5,7,11-13H2,(H,21,22)/t15-/m0/s1. The first-order valence-corrected chi connectivity index (χ1v) is 8.56. The number of benzene rings is 1. The highest BCUT2D eigenvalue weighted by atomic mass is 16.5. The molecule has 2 aromatic heterocycles. The molecule has 1 aromatic carbocycles. The van der Waals surface area contributed by atoms with E-state index >= 15 is 0 Å². The largest absolute Gasteiger partial charge is 0.376 e. The molecule has 0 amide bonds. The Labute approximate surface area is 145 Å². The lowest BCUT2D eigenvalue weighted by Gasteiger charge is -2.17. The van der Waals surface area contributed by atoms with Gasteiger partial charge in [0.15, 0.2) is 0 Å². The van der Waals surface area contributed by atoms with Gasteiger partial charge in [-0.2, -0.15) is 0 Å². The first kappa shape index (κ1) is 15.8. The van der Waals surface area contributed by atoms with Crippen molar-refractivity contribution < 1.29 is 4.74 Å². The first-order valence-electron chi connectivity index (χ1n) is 8.56. The van der Waals surface area contributed by atoms with Crippen molar-refractivity contribution in [2.75, 3.05) is 11.9 Å². The fourth-order valence-electron chi connectivity index (χ4n) is 3.14. The van der Waals surface area contributed by atoms with E-state index in [1.165, 1.54) is 0 Å². The van der Waals surface area contributed by atoms with Crippen LogP contribution in [-0.2, 0) is 17.8 Å². The molecule has 3 aromatic rings. The van der Waals surface area contributed by atoms with Gasteiger partial charge in [0, 0.05) is 12.8 Å². The van der Waals surface area contributed by atoms with E-state index in [-0.39, 0.29) is 11.7 Å². The van der Waals surface area contributed by atoms with Gasteiger partial charge >= 0.3 is 0 Å². The molecule has 3 heterocycles. The molecule has 0 saturated carbocycles. The summed E-state index contributed by atoms with van der Waals surface area (Å²) in [6, 6.07) is 13.2. The number of hydrogen-bond acceptors (Lipinski definition) is 5. The minimum atomic E-state index is -0.0374. The Morgan fingerprint density at radius 1 is 1.20 bits per heavy atom. The molecule has 6 heteroatoms. The zero-order valence-corrected chi connectivity index (χ0v) is 13.9. The van der Waals surface area contributed by atoms with Crippen molar-refractivity contribution in [1.82, 2.24) is 14.5 Å². The van der Waals surface area contributed by atoms with Gasteiger partial charge in [0.05, 0.1) is 35.8 Å².